The molecule has 0 unspecified atom stereocenters. The highest BCUT2D eigenvalue weighted by Gasteiger charge is 2.23. The third kappa shape index (κ3) is 3.66. The molecule has 0 saturated carbocycles. The van der Waals surface area contributed by atoms with Gasteiger partial charge in [-0.05, 0) is 54.3 Å². The molecule has 8 heteroatoms. The van der Waals surface area contributed by atoms with Crippen LogP contribution in [0.5, 0.6) is 0 Å². The van der Waals surface area contributed by atoms with Gasteiger partial charge in [-0.15, -0.1) is 11.3 Å². The SMILES string of the molecule is CN(C)CCN(C(=O)c1ccc(Br)s1)c1nc2c(F)cccc2s1. The lowest BCUT2D eigenvalue weighted by Gasteiger charge is -2.21. The van der Waals surface area contributed by atoms with Crippen molar-refractivity contribution < 1.29 is 9.18 Å². The molecule has 1 amide bonds. The highest BCUT2D eigenvalue weighted by Crippen LogP contribution is 2.32. The number of thiazole rings is 1. The van der Waals surface area contributed by atoms with E-state index in [4.69, 9.17) is 0 Å². The summed E-state index contributed by atoms with van der Waals surface area (Å²) in [7, 11) is 3.89. The molecule has 0 N–H and O–H groups in total. The lowest BCUT2D eigenvalue weighted by Crippen LogP contribution is -2.36. The topological polar surface area (TPSA) is 36.4 Å². The number of aromatic nitrogens is 1. The van der Waals surface area contributed by atoms with Crippen LogP contribution in [0, 0.1) is 5.82 Å². The molecule has 1 aromatic carbocycles. The van der Waals surface area contributed by atoms with Crippen LogP contribution in [0.4, 0.5) is 9.52 Å². The number of benzene rings is 1. The van der Waals surface area contributed by atoms with E-state index in [0.29, 0.717) is 28.6 Å². The van der Waals surface area contributed by atoms with Gasteiger partial charge in [-0.2, -0.15) is 0 Å². The third-order valence-corrected chi connectivity index (χ3v) is 6.04. The first-order valence-corrected chi connectivity index (χ1v) is 9.65. The van der Waals surface area contributed by atoms with Gasteiger partial charge in [0.05, 0.1) is 13.4 Å². The Morgan fingerprint density at radius 3 is 2.62 bits per heavy atom. The van der Waals surface area contributed by atoms with Gasteiger partial charge in [0, 0.05) is 13.1 Å². The van der Waals surface area contributed by atoms with E-state index in [-0.39, 0.29) is 11.7 Å². The van der Waals surface area contributed by atoms with Gasteiger partial charge in [0.1, 0.15) is 11.3 Å². The summed E-state index contributed by atoms with van der Waals surface area (Å²) >= 11 is 6.09. The van der Waals surface area contributed by atoms with E-state index in [9.17, 15) is 9.18 Å². The maximum Gasteiger partial charge on any atom is 0.270 e. The fraction of sp³-hybridized carbons (Fsp3) is 0.250. The van der Waals surface area contributed by atoms with Crippen molar-refractivity contribution in [3.8, 4) is 0 Å². The average molecular weight is 428 g/mol. The molecule has 0 atom stereocenters. The number of fused-ring (bicyclic) bond motifs is 1. The molecule has 24 heavy (non-hydrogen) atoms. The van der Waals surface area contributed by atoms with Gasteiger partial charge in [-0.1, -0.05) is 17.4 Å². The van der Waals surface area contributed by atoms with Crippen LogP contribution < -0.4 is 4.90 Å². The van der Waals surface area contributed by atoms with E-state index >= 15 is 0 Å². The highest BCUT2D eigenvalue weighted by atomic mass is 79.9. The maximum absolute atomic E-state index is 13.9. The van der Waals surface area contributed by atoms with Crippen LogP contribution >= 0.6 is 38.6 Å². The van der Waals surface area contributed by atoms with Crippen LogP contribution in [0.15, 0.2) is 34.1 Å². The second-order valence-electron chi connectivity index (χ2n) is 5.45. The molecule has 0 saturated heterocycles. The van der Waals surface area contributed by atoms with E-state index in [0.717, 1.165) is 8.49 Å². The van der Waals surface area contributed by atoms with Gasteiger partial charge < -0.3 is 4.90 Å². The summed E-state index contributed by atoms with van der Waals surface area (Å²) in [5, 5.41) is 0.520. The number of anilines is 1. The zero-order chi connectivity index (χ0) is 17.3. The van der Waals surface area contributed by atoms with E-state index < -0.39 is 0 Å². The molecule has 0 aliphatic rings. The number of rotatable bonds is 5. The van der Waals surface area contributed by atoms with Crippen molar-refractivity contribution in [3.05, 3.63) is 44.8 Å². The largest absolute Gasteiger partial charge is 0.308 e. The Labute approximate surface area is 155 Å². The Bertz CT molecular complexity index is 877. The van der Waals surface area contributed by atoms with Gasteiger partial charge in [-0.25, -0.2) is 9.37 Å². The zero-order valence-corrected chi connectivity index (χ0v) is 16.3. The summed E-state index contributed by atoms with van der Waals surface area (Å²) in [5.74, 6) is -0.485. The molecule has 0 radical (unpaired) electrons. The summed E-state index contributed by atoms with van der Waals surface area (Å²) in [4.78, 5) is 21.5. The number of hydrogen-bond donors (Lipinski definition) is 0. The van der Waals surface area contributed by atoms with E-state index in [1.54, 1.807) is 17.0 Å². The fourth-order valence-electron chi connectivity index (χ4n) is 2.16. The van der Waals surface area contributed by atoms with Crippen LogP contribution in [0.2, 0.25) is 0 Å². The summed E-state index contributed by atoms with van der Waals surface area (Å²) in [6.07, 6.45) is 0. The van der Waals surface area contributed by atoms with Crippen LogP contribution in [0.3, 0.4) is 0 Å². The summed E-state index contributed by atoms with van der Waals surface area (Å²) in [6.45, 7) is 1.18. The third-order valence-electron chi connectivity index (χ3n) is 3.39. The van der Waals surface area contributed by atoms with Crippen molar-refractivity contribution in [2.45, 2.75) is 0 Å². The quantitative estimate of drug-likeness (QED) is 0.602. The number of amides is 1. The maximum atomic E-state index is 13.9. The number of nitrogens with zero attached hydrogens (tertiary/aromatic N) is 3. The molecular formula is C16H15BrFN3OS2. The highest BCUT2D eigenvalue weighted by molar-refractivity contribution is 9.11. The van der Waals surface area contributed by atoms with E-state index in [1.807, 2.05) is 31.1 Å². The molecule has 0 fully saturated rings. The van der Waals surface area contributed by atoms with Gasteiger partial charge >= 0.3 is 0 Å². The molecular weight excluding hydrogens is 413 g/mol. The molecule has 0 aliphatic heterocycles. The van der Waals surface area contributed by atoms with Gasteiger partial charge in [0.15, 0.2) is 5.13 Å². The molecule has 126 valence electrons. The molecule has 2 aromatic heterocycles. The molecule has 0 spiro atoms. The predicted octanol–water partition coefficient (Wildman–Crippen LogP) is 4.47. The zero-order valence-electron chi connectivity index (χ0n) is 13.1. The van der Waals surface area contributed by atoms with Crippen molar-refractivity contribution in [2.75, 3.05) is 32.1 Å². The van der Waals surface area contributed by atoms with E-state index in [2.05, 4.69) is 20.9 Å². The minimum atomic E-state index is -0.367. The molecule has 0 bridgehead atoms. The number of thiophene rings is 1. The van der Waals surface area contributed by atoms with Gasteiger partial charge in [0.25, 0.3) is 5.91 Å². The minimum Gasteiger partial charge on any atom is -0.308 e. The van der Waals surface area contributed by atoms with Crippen molar-refractivity contribution in [1.29, 1.82) is 0 Å². The first kappa shape index (κ1) is 17.5. The smallest absolute Gasteiger partial charge is 0.270 e. The number of halogens is 2. The Morgan fingerprint density at radius 2 is 2.00 bits per heavy atom. The second kappa shape index (κ2) is 7.26. The summed E-state index contributed by atoms with van der Waals surface area (Å²) < 4.78 is 15.6. The normalized spacial score (nSPS) is 11.4. The van der Waals surface area contributed by atoms with Crippen LogP contribution in [-0.2, 0) is 0 Å². The standard InChI is InChI=1S/C16H15BrFN3OS2/c1-20(2)8-9-21(15(22)12-6-7-13(17)23-12)16-19-14-10(18)4-3-5-11(14)24-16/h3-7H,8-9H2,1-2H3. The number of carbonyl (C=O) groups excluding carboxylic acids is 1. The van der Waals surface area contributed by atoms with Crippen molar-refractivity contribution in [2.24, 2.45) is 0 Å². The number of carbonyl (C=O) groups is 1. The molecule has 2 heterocycles. The number of para-hydroxylation sites is 1. The van der Waals surface area contributed by atoms with Crippen molar-refractivity contribution >= 4 is 59.9 Å². The van der Waals surface area contributed by atoms with Gasteiger partial charge in [-0.3, -0.25) is 9.69 Å². The lowest BCUT2D eigenvalue weighted by atomic mass is 10.3. The van der Waals surface area contributed by atoms with E-state index in [1.165, 1.54) is 28.7 Å². The Kier molecular flexibility index (Phi) is 5.29. The predicted molar refractivity (Wildman–Crippen MR) is 102 cm³/mol. The van der Waals surface area contributed by atoms with Crippen LogP contribution in [0.25, 0.3) is 10.2 Å². The van der Waals surface area contributed by atoms with Crippen LogP contribution in [-0.4, -0.2) is 43.0 Å². The second-order valence-corrected chi connectivity index (χ2v) is 8.92. The van der Waals surface area contributed by atoms with Crippen molar-refractivity contribution in [1.82, 2.24) is 9.88 Å². The summed E-state index contributed by atoms with van der Waals surface area (Å²) in [6, 6.07) is 8.49. The van der Waals surface area contributed by atoms with Gasteiger partial charge in [0.2, 0.25) is 0 Å². The molecule has 3 rings (SSSR count). The fourth-order valence-corrected chi connectivity index (χ4v) is 4.50. The molecule has 4 nitrogen and oxygen atoms in total. The average Bonchev–Trinajstić information content (AvgIpc) is 3.14. The summed E-state index contributed by atoms with van der Waals surface area (Å²) in [5.41, 5.74) is 0.313. The molecule has 3 aromatic rings. The Hall–Kier alpha value is -1.35. The minimum absolute atomic E-state index is 0.119. The first-order valence-electron chi connectivity index (χ1n) is 7.22. The first-order chi connectivity index (χ1) is 11.5. The van der Waals surface area contributed by atoms with Crippen LogP contribution in [0.1, 0.15) is 9.67 Å². The molecule has 0 aliphatic carbocycles. The Balaban J connectivity index is 1.99. The van der Waals surface area contributed by atoms with Crippen molar-refractivity contribution in [3.63, 3.8) is 0 Å². The number of hydrogen-bond acceptors (Lipinski definition) is 5. The Morgan fingerprint density at radius 1 is 1.21 bits per heavy atom. The number of likely N-dealkylation sites (N-methyl/N-ethyl adjacent to an activating group) is 1. The monoisotopic (exact) mass is 427 g/mol. The lowest BCUT2D eigenvalue weighted by molar-refractivity contribution is 0.0989.